The highest BCUT2D eigenvalue weighted by Crippen LogP contribution is 2.19. The molecule has 1 fully saturated rings. The molecule has 1 heterocycles. The fourth-order valence-electron chi connectivity index (χ4n) is 2.10. The maximum atomic E-state index is 8.89. The number of rotatable bonds is 3. The molecular weight excluding hydrogens is 278 g/mol. The molecule has 1 unspecified atom stereocenters. The van der Waals surface area contributed by atoms with Gasteiger partial charge in [0.1, 0.15) is 0 Å². The van der Waals surface area contributed by atoms with Crippen LogP contribution in [0.1, 0.15) is 24.8 Å². The molecule has 1 aromatic rings. The molecule has 1 aromatic carbocycles. The number of piperidine rings is 1. The van der Waals surface area contributed by atoms with Crippen LogP contribution in [0.5, 0.6) is 0 Å². The van der Waals surface area contributed by atoms with Gasteiger partial charge in [-0.05, 0) is 37.6 Å². The second-order valence-corrected chi connectivity index (χ2v) is 5.28. The summed E-state index contributed by atoms with van der Waals surface area (Å²) in [5.41, 5.74) is 1.68. The van der Waals surface area contributed by atoms with Gasteiger partial charge in [-0.15, -0.1) is 0 Å². The van der Waals surface area contributed by atoms with Gasteiger partial charge in [-0.2, -0.15) is 5.26 Å². The van der Waals surface area contributed by atoms with E-state index in [-0.39, 0.29) is 0 Å². The van der Waals surface area contributed by atoms with Gasteiger partial charge in [0.15, 0.2) is 0 Å². The average molecular weight is 294 g/mol. The van der Waals surface area contributed by atoms with Gasteiger partial charge in [-0.1, -0.05) is 22.4 Å². The summed E-state index contributed by atoms with van der Waals surface area (Å²) in [4.78, 5) is 0. The predicted molar refractivity (Wildman–Crippen MR) is 73.0 cm³/mol. The lowest BCUT2D eigenvalue weighted by Gasteiger charge is -2.24. The number of nitriles is 1. The Labute approximate surface area is 110 Å². The molecule has 90 valence electrons. The minimum absolute atomic E-state index is 0.549. The summed E-state index contributed by atoms with van der Waals surface area (Å²) in [6.07, 6.45) is 3.82. The van der Waals surface area contributed by atoms with Gasteiger partial charge < -0.3 is 10.6 Å². The lowest BCUT2D eigenvalue weighted by molar-refractivity contribution is 0.414. The third kappa shape index (κ3) is 3.72. The molecular formula is C13H16BrN3. The second kappa shape index (κ2) is 6.04. The molecule has 2 N–H and O–H groups in total. The van der Waals surface area contributed by atoms with E-state index < -0.39 is 0 Å². The Morgan fingerprint density at radius 1 is 1.41 bits per heavy atom. The Morgan fingerprint density at radius 3 is 3.00 bits per heavy atom. The monoisotopic (exact) mass is 293 g/mol. The highest BCUT2D eigenvalue weighted by Gasteiger charge is 2.11. The summed E-state index contributed by atoms with van der Waals surface area (Å²) < 4.78 is 0.940. The minimum Gasteiger partial charge on any atom is -0.383 e. The molecule has 0 radical (unpaired) electrons. The van der Waals surface area contributed by atoms with Gasteiger partial charge in [0.05, 0.1) is 11.6 Å². The summed E-state index contributed by atoms with van der Waals surface area (Å²) in [6, 6.07) is 8.42. The van der Waals surface area contributed by atoms with Crippen LogP contribution in [0.4, 0.5) is 5.69 Å². The number of hydrogen-bond donors (Lipinski definition) is 2. The molecule has 3 nitrogen and oxygen atoms in total. The molecule has 0 amide bonds. The van der Waals surface area contributed by atoms with Crippen molar-refractivity contribution >= 4 is 21.6 Å². The average Bonchev–Trinajstić information content (AvgIpc) is 2.37. The summed E-state index contributed by atoms with van der Waals surface area (Å²) >= 11 is 3.41. The van der Waals surface area contributed by atoms with E-state index in [0.717, 1.165) is 23.2 Å². The number of nitrogens with one attached hydrogen (secondary N) is 2. The highest BCUT2D eigenvalue weighted by molar-refractivity contribution is 9.10. The number of anilines is 1. The van der Waals surface area contributed by atoms with Crippen molar-refractivity contribution in [2.75, 3.05) is 18.4 Å². The maximum absolute atomic E-state index is 8.89. The van der Waals surface area contributed by atoms with Crippen molar-refractivity contribution in [2.24, 2.45) is 0 Å². The van der Waals surface area contributed by atoms with Gasteiger partial charge in [0.25, 0.3) is 0 Å². The summed E-state index contributed by atoms with van der Waals surface area (Å²) in [5.74, 6) is 0. The van der Waals surface area contributed by atoms with E-state index in [2.05, 4.69) is 32.6 Å². The third-order valence-corrected chi connectivity index (χ3v) is 3.45. The topological polar surface area (TPSA) is 47.9 Å². The van der Waals surface area contributed by atoms with Gasteiger partial charge in [0, 0.05) is 22.7 Å². The Bertz CT molecular complexity index is 419. The first kappa shape index (κ1) is 12.4. The molecule has 0 spiro atoms. The van der Waals surface area contributed by atoms with Crippen LogP contribution in [0.15, 0.2) is 22.7 Å². The van der Waals surface area contributed by atoms with Crippen molar-refractivity contribution in [3.63, 3.8) is 0 Å². The van der Waals surface area contributed by atoms with Crippen molar-refractivity contribution in [1.29, 1.82) is 5.26 Å². The summed E-state index contributed by atoms with van der Waals surface area (Å²) in [5, 5.41) is 15.8. The zero-order valence-corrected chi connectivity index (χ0v) is 11.3. The zero-order chi connectivity index (χ0) is 12.1. The van der Waals surface area contributed by atoms with Crippen LogP contribution >= 0.6 is 15.9 Å². The van der Waals surface area contributed by atoms with Crippen molar-refractivity contribution in [1.82, 2.24) is 5.32 Å². The second-order valence-electron chi connectivity index (χ2n) is 4.37. The standard InChI is InChI=1S/C13H16BrN3/c14-11-5-10(8-15)6-13(7-11)17-9-12-3-1-2-4-16-12/h5-7,12,16-17H,1-4,9H2. The van der Waals surface area contributed by atoms with Crippen molar-refractivity contribution in [3.05, 3.63) is 28.2 Å². The molecule has 0 bridgehead atoms. The lowest BCUT2D eigenvalue weighted by atomic mass is 10.1. The van der Waals surface area contributed by atoms with Crippen LogP contribution in [0.25, 0.3) is 0 Å². The van der Waals surface area contributed by atoms with Crippen molar-refractivity contribution in [3.8, 4) is 6.07 Å². The van der Waals surface area contributed by atoms with E-state index in [1.54, 1.807) is 0 Å². The van der Waals surface area contributed by atoms with E-state index in [1.807, 2.05) is 18.2 Å². The van der Waals surface area contributed by atoms with Gasteiger partial charge in [-0.3, -0.25) is 0 Å². The molecule has 1 aliphatic rings. The lowest BCUT2D eigenvalue weighted by Crippen LogP contribution is -2.39. The summed E-state index contributed by atoms with van der Waals surface area (Å²) in [7, 11) is 0. The number of nitrogens with zero attached hydrogens (tertiary/aromatic N) is 1. The Hall–Kier alpha value is -1.05. The molecule has 1 atom stereocenters. The van der Waals surface area contributed by atoms with Crippen molar-refractivity contribution in [2.45, 2.75) is 25.3 Å². The molecule has 2 rings (SSSR count). The Kier molecular flexibility index (Phi) is 4.41. The minimum atomic E-state index is 0.549. The van der Waals surface area contributed by atoms with E-state index in [0.29, 0.717) is 11.6 Å². The molecule has 1 aliphatic heterocycles. The largest absolute Gasteiger partial charge is 0.383 e. The summed E-state index contributed by atoms with van der Waals surface area (Å²) in [6.45, 7) is 2.04. The normalized spacial score (nSPS) is 19.6. The first-order chi connectivity index (χ1) is 8.28. The quantitative estimate of drug-likeness (QED) is 0.901. The van der Waals surface area contributed by atoms with E-state index in [4.69, 9.17) is 5.26 Å². The van der Waals surface area contributed by atoms with Crippen LogP contribution in [-0.4, -0.2) is 19.1 Å². The Morgan fingerprint density at radius 2 is 2.29 bits per heavy atom. The van der Waals surface area contributed by atoms with Gasteiger partial charge in [-0.25, -0.2) is 0 Å². The van der Waals surface area contributed by atoms with E-state index >= 15 is 0 Å². The molecule has 0 saturated carbocycles. The highest BCUT2D eigenvalue weighted by atomic mass is 79.9. The molecule has 0 aromatic heterocycles. The molecule has 0 aliphatic carbocycles. The van der Waals surface area contributed by atoms with E-state index in [9.17, 15) is 0 Å². The van der Waals surface area contributed by atoms with Crippen LogP contribution in [0.2, 0.25) is 0 Å². The van der Waals surface area contributed by atoms with Gasteiger partial charge >= 0.3 is 0 Å². The first-order valence-corrected chi connectivity index (χ1v) is 6.75. The maximum Gasteiger partial charge on any atom is 0.0992 e. The Balaban J connectivity index is 1.94. The third-order valence-electron chi connectivity index (χ3n) is 2.99. The zero-order valence-electron chi connectivity index (χ0n) is 9.67. The molecule has 1 saturated heterocycles. The SMILES string of the molecule is N#Cc1cc(Br)cc(NCC2CCCCN2)c1. The van der Waals surface area contributed by atoms with E-state index in [1.165, 1.54) is 19.3 Å². The predicted octanol–water partition coefficient (Wildman–Crippen LogP) is 2.87. The van der Waals surface area contributed by atoms with Crippen molar-refractivity contribution < 1.29 is 0 Å². The van der Waals surface area contributed by atoms with Gasteiger partial charge in [0.2, 0.25) is 0 Å². The molecule has 4 heteroatoms. The van der Waals surface area contributed by atoms with Crippen LogP contribution < -0.4 is 10.6 Å². The van der Waals surface area contributed by atoms with Crippen LogP contribution in [-0.2, 0) is 0 Å². The fraction of sp³-hybridized carbons (Fsp3) is 0.462. The number of halogens is 1. The fourth-order valence-corrected chi connectivity index (χ4v) is 2.59. The first-order valence-electron chi connectivity index (χ1n) is 5.96. The smallest absolute Gasteiger partial charge is 0.0992 e. The number of benzene rings is 1. The van der Waals surface area contributed by atoms with Crippen LogP contribution in [0.3, 0.4) is 0 Å². The number of hydrogen-bond acceptors (Lipinski definition) is 3. The molecule has 17 heavy (non-hydrogen) atoms. The van der Waals surface area contributed by atoms with Crippen LogP contribution in [0, 0.1) is 11.3 Å².